The summed E-state index contributed by atoms with van der Waals surface area (Å²) in [5.41, 5.74) is -2.08. The lowest BCUT2D eigenvalue weighted by atomic mass is 9.82. The van der Waals surface area contributed by atoms with E-state index < -0.39 is 52.9 Å². The second-order valence-electron chi connectivity index (χ2n) is 11.9. The minimum atomic E-state index is -1.40. The number of hydrogen-bond donors (Lipinski definition) is 5. The number of carboxylic acid groups (broad SMARTS) is 1. The lowest BCUT2D eigenvalue weighted by Crippen LogP contribution is -2.61. The molecule has 0 aromatic rings. The number of rotatable bonds is 9. The van der Waals surface area contributed by atoms with Gasteiger partial charge in [0.05, 0.1) is 0 Å². The summed E-state index contributed by atoms with van der Waals surface area (Å²) in [6, 6.07) is -3.10. The maximum Gasteiger partial charge on any atom is 0.330 e. The zero-order valence-electron chi connectivity index (χ0n) is 23.0. The third kappa shape index (κ3) is 6.30. The first-order valence-electron chi connectivity index (χ1n) is 13.6. The number of likely N-dealkylation sites (N-methyl/N-ethyl adjacent to an activating group) is 1. The molecule has 1 heterocycles. The van der Waals surface area contributed by atoms with Gasteiger partial charge in [0, 0.05) is 19.5 Å². The summed E-state index contributed by atoms with van der Waals surface area (Å²) in [5, 5.41) is 20.6. The van der Waals surface area contributed by atoms with E-state index in [4.69, 9.17) is 0 Å². The van der Waals surface area contributed by atoms with E-state index in [-0.39, 0.29) is 24.2 Å². The molecule has 212 valence electrons. The molecule has 5 amide bonds. The van der Waals surface area contributed by atoms with E-state index in [1.165, 1.54) is 11.0 Å². The van der Waals surface area contributed by atoms with E-state index in [1.807, 2.05) is 20.8 Å². The lowest BCUT2D eigenvalue weighted by molar-refractivity contribution is -0.140. The fraction of sp³-hybridized carbons (Fsp3) is 0.741. The van der Waals surface area contributed by atoms with Crippen LogP contribution in [0, 0.1) is 17.3 Å². The van der Waals surface area contributed by atoms with Gasteiger partial charge in [-0.1, -0.05) is 46.1 Å². The first-order chi connectivity index (χ1) is 17.9. The van der Waals surface area contributed by atoms with Crippen LogP contribution in [-0.4, -0.2) is 77.0 Å². The second-order valence-corrected chi connectivity index (χ2v) is 11.9. The minimum absolute atomic E-state index is 0.0290. The highest BCUT2D eigenvalue weighted by Gasteiger charge is 2.61. The highest BCUT2D eigenvalue weighted by atomic mass is 16.4. The van der Waals surface area contributed by atoms with Gasteiger partial charge in [0.2, 0.25) is 17.7 Å². The van der Waals surface area contributed by atoms with Gasteiger partial charge in [-0.25, -0.2) is 9.59 Å². The largest absolute Gasteiger partial charge is 0.479 e. The summed E-state index contributed by atoms with van der Waals surface area (Å²) in [6.45, 7) is 9.40. The van der Waals surface area contributed by atoms with E-state index in [2.05, 4.69) is 27.8 Å². The summed E-state index contributed by atoms with van der Waals surface area (Å²) < 4.78 is 0. The Hall–Kier alpha value is -3.11. The normalized spacial score (nSPS) is 27.0. The van der Waals surface area contributed by atoms with Gasteiger partial charge >= 0.3 is 12.0 Å². The van der Waals surface area contributed by atoms with Crippen molar-refractivity contribution in [3.05, 3.63) is 12.7 Å². The molecule has 5 atom stereocenters. The molecule has 0 radical (unpaired) electrons. The van der Waals surface area contributed by atoms with E-state index in [9.17, 15) is 29.1 Å². The molecule has 5 N–H and O–H groups in total. The number of hydrogen-bond acceptors (Lipinski definition) is 5. The Morgan fingerprint density at radius 1 is 1.00 bits per heavy atom. The van der Waals surface area contributed by atoms with Crippen LogP contribution >= 0.6 is 0 Å². The molecule has 3 rings (SSSR count). The van der Waals surface area contributed by atoms with Crippen LogP contribution in [0.3, 0.4) is 0 Å². The maximum absolute atomic E-state index is 13.5. The average molecular weight is 534 g/mol. The van der Waals surface area contributed by atoms with Gasteiger partial charge in [0.15, 0.2) is 0 Å². The van der Waals surface area contributed by atoms with Crippen LogP contribution in [0.5, 0.6) is 0 Å². The molecule has 11 heteroatoms. The number of urea groups is 1. The molecule has 3 fully saturated rings. The van der Waals surface area contributed by atoms with E-state index in [0.29, 0.717) is 19.4 Å². The molecule has 0 bridgehead atoms. The fourth-order valence-electron chi connectivity index (χ4n) is 5.73. The van der Waals surface area contributed by atoms with Crippen LogP contribution in [0.2, 0.25) is 0 Å². The fourth-order valence-corrected chi connectivity index (χ4v) is 5.73. The molecule has 0 aromatic heterocycles. The average Bonchev–Trinajstić information content (AvgIpc) is 3.37. The summed E-state index contributed by atoms with van der Waals surface area (Å²) >= 11 is 0. The van der Waals surface area contributed by atoms with Crippen molar-refractivity contribution >= 4 is 29.7 Å². The number of aliphatic carboxylic acids is 1. The van der Waals surface area contributed by atoms with Crippen LogP contribution in [-0.2, 0) is 19.2 Å². The predicted octanol–water partition coefficient (Wildman–Crippen LogP) is 1.53. The Balaban J connectivity index is 1.71. The highest BCUT2D eigenvalue weighted by molar-refractivity contribution is 5.96. The van der Waals surface area contributed by atoms with Crippen molar-refractivity contribution in [3.8, 4) is 0 Å². The molecule has 3 aliphatic rings. The van der Waals surface area contributed by atoms with E-state index >= 15 is 0 Å². The minimum Gasteiger partial charge on any atom is -0.479 e. The highest BCUT2D eigenvalue weighted by Crippen LogP contribution is 2.44. The van der Waals surface area contributed by atoms with Gasteiger partial charge in [-0.05, 0) is 43.4 Å². The molecule has 38 heavy (non-hydrogen) atoms. The zero-order valence-corrected chi connectivity index (χ0v) is 23.0. The Labute approximate surface area is 224 Å². The molecule has 1 aliphatic heterocycles. The van der Waals surface area contributed by atoms with Crippen molar-refractivity contribution < 1.29 is 29.1 Å². The van der Waals surface area contributed by atoms with Crippen molar-refractivity contribution in [2.75, 3.05) is 13.6 Å². The summed E-state index contributed by atoms with van der Waals surface area (Å²) in [7, 11) is 1.54. The molecule has 2 unspecified atom stereocenters. The number of likely N-dealkylation sites (tertiary alicyclic amines) is 1. The second kappa shape index (κ2) is 11.7. The van der Waals surface area contributed by atoms with Gasteiger partial charge in [-0.2, -0.15) is 0 Å². The van der Waals surface area contributed by atoms with E-state index in [1.54, 1.807) is 7.05 Å². The van der Waals surface area contributed by atoms with Crippen molar-refractivity contribution in [2.24, 2.45) is 17.3 Å². The first kappa shape index (κ1) is 29.4. The number of carbonyl (C=O) groups excluding carboxylic acids is 4. The summed E-state index contributed by atoms with van der Waals surface area (Å²) in [5.74, 6) is -2.67. The number of nitrogens with one attached hydrogen (secondary N) is 4. The van der Waals surface area contributed by atoms with Crippen molar-refractivity contribution in [1.29, 1.82) is 0 Å². The monoisotopic (exact) mass is 533 g/mol. The molecule has 2 aliphatic carbocycles. The third-order valence-electron chi connectivity index (χ3n) is 8.19. The standard InChI is InChI=1S/C27H43N5O6/c1-6-17-15-27(17,24(36)37)31-25(38)32-14-10-13-18(32)21(33)30-20(26(2,3)4)23(35)29-19(22(34)28-5)16-11-8-7-9-12-16/h6,16-20H,1,7-15H2,2-5H3,(H,28,34)(H,29,35)(H,30,33)(H,31,38)(H,36,37)/t17?,18-,19-,20+,27?/m0/s1. The Morgan fingerprint density at radius 2 is 1.66 bits per heavy atom. The Morgan fingerprint density at radius 3 is 2.18 bits per heavy atom. The van der Waals surface area contributed by atoms with Gasteiger partial charge in [0.1, 0.15) is 23.7 Å². The predicted molar refractivity (Wildman–Crippen MR) is 141 cm³/mol. The molecule has 1 saturated heterocycles. The zero-order chi connectivity index (χ0) is 28.3. The molecular weight excluding hydrogens is 490 g/mol. The van der Waals surface area contributed by atoms with Crippen LogP contribution in [0.25, 0.3) is 0 Å². The smallest absolute Gasteiger partial charge is 0.330 e. The van der Waals surface area contributed by atoms with E-state index in [0.717, 1.165) is 32.1 Å². The summed E-state index contributed by atoms with van der Waals surface area (Å²) in [4.78, 5) is 65.7. The third-order valence-corrected chi connectivity index (χ3v) is 8.19. The van der Waals surface area contributed by atoms with Crippen LogP contribution in [0.1, 0.15) is 72.1 Å². The molecule has 0 aromatic carbocycles. The SMILES string of the molecule is C=CC1CC1(NC(=O)N1CCC[C@H]1C(=O)N[C@H](C(=O)N[C@H](C(=O)NC)C1CCCCC1)C(C)(C)C)C(=O)O. The Bertz CT molecular complexity index is 956. The van der Waals surface area contributed by atoms with Crippen molar-refractivity contribution in [3.63, 3.8) is 0 Å². The molecule has 11 nitrogen and oxygen atoms in total. The number of carboxylic acids is 1. The van der Waals surface area contributed by atoms with Crippen LogP contribution in [0.4, 0.5) is 4.79 Å². The van der Waals surface area contributed by atoms with Crippen LogP contribution in [0.15, 0.2) is 12.7 Å². The van der Waals surface area contributed by atoms with Gasteiger partial charge in [-0.15, -0.1) is 6.58 Å². The molecular formula is C27H43N5O6. The lowest BCUT2D eigenvalue weighted by Gasteiger charge is -2.35. The molecule has 0 spiro atoms. The maximum atomic E-state index is 13.5. The quantitative estimate of drug-likeness (QED) is 0.283. The number of nitrogens with zero attached hydrogens (tertiary/aromatic N) is 1. The number of carbonyl (C=O) groups is 5. The van der Waals surface area contributed by atoms with Gasteiger partial charge in [0.25, 0.3) is 0 Å². The number of amides is 5. The van der Waals surface area contributed by atoms with Gasteiger partial charge < -0.3 is 31.3 Å². The molecule has 2 saturated carbocycles. The van der Waals surface area contributed by atoms with Crippen LogP contribution < -0.4 is 21.3 Å². The van der Waals surface area contributed by atoms with Crippen molar-refractivity contribution in [1.82, 2.24) is 26.2 Å². The van der Waals surface area contributed by atoms with Crippen molar-refractivity contribution in [2.45, 2.75) is 95.8 Å². The topological polar surface area (TPSA) is 157 Å². The van der Waals surface area contributed by atoms with Gasteiger partial charge in [-0.3, -0.25) is 14.4 Å². The Kier molecular flexibility index (Phi) is 9.09. The first-order valence-corrected chi connectivity index (χ1v) is 13.6. The summed E-state index contributed by atoms with van der Waals surface area (Å²) in [6.07, 6.45) is 7.54.